The predicted octanol–water partition coefficient (Wildman–Crippen LogP) is 1.93. The van der Waals surface area contributed by atoms with Crippen LogP contribution in [0, 0.1) is 0 Å². The van der Waals surface area contributed by atoms with E-state index in [-0.39, 0.29) is 6.04 Å². The second-order valence-electron chi connectivity index (χ2n) is 3.34. The maximum absolute atomic E-state index is 12.0. The lowest BCUT2D eigenvalue weighted by Crippen LogP contribution is -2.28. The first-order chi connectivity index (χ1) is 7.63. The summed E-state index contributed by atoms with van der Waals surface area (Å²) in [6, 6.07) is 4.71. The van der Waals surface area contributed by atoms with E-state index in [2.05, 4.69) is 4.18 Å². The van der Waals surface area contributed by atoms with Gasteiger partial charge in [0, 0.05) is 6.04 Å². The van der Waals surface area contributed by atoms with Crippen LogP contribution in [0.25, 0.3) is 0 Å². The van der Waals surface area contributed by atoms with Crippen molar-refractivity contribution in [3.05, 3.63) is 29.8 Å². The summed E-state index contributed by atoms with van der Waals surface area (Å²) in [7, 11) is -5.62. The van der Waals surface area contributed by atoms with Gasteiger partial charge in [0.15, 0.2) is 0 Å². The molecule has 0 bridgehead atoms. The minimum atomic E-state index is -5.62. The van der Waals surface area contributed by atoms with Gasteiger partial charge in [0.1, 0.15) is 5.75 Å². The van der Waals surface area contributed by atoms with Gasteiger partial charge in [-0.2, -0.15) is 21.6 Å². The molecular formula is C9H10F3NO3S. The monoisotopic (exact) mass is 269 g/mol. The maximum Gasteiger partial charge on any atom is 0.534 e. The van der Waals surface area contributed by atoms with E-state index in [1.165, 1.54) is 12.1 Å². The Hall–Kier alpha value is -1.28. The van der Waals surface area contributed by atoms with Crippen molar-refractivity contribution >= 4 is 10.1 Å². The van der Waals surface area contributed by atoms with E-state index in [9.17, 15) is 21.6 Å². The van der Waals surface area contributed by atoms with Crippen molar-refractivity contribution < 1.29 is 25.8 Å². The van der Waals surface area contributed by atoms with Gasteiger partial charge in [-0.25, -0.2) is 0 Å². The Labute approximate surface area is 96.3 Å². The van der Waals surface area contributed by atoms with Crippen LogP contribution >= 0.6 is 0 Å². The van der Waals surface area contributed by atoms with Crippen LogP contribution in [0.15, 0.2) is 24.3 Å². The van der Waals surface area contributed by atoms with Gasteiger partial charge in [-0.05, 0) is 24.6 Å². The molecule has 0 saturated carbocycles. The molecule has 1 atom stereocenters. The summed E-state index contributed by atoms with van der Waals surface area (Å²) in [6.45, 7) is 1.68. The molecule has 0 fully saturated rings. The second kappa shape index (κ2) is 4.53. The van der Waals surface area contributed by atoms with Crippen LogP contribution in [-0.2, 0) is 10.1 Å². The van der Waals surface area contributed by atoms with E-state index in [1.807, 2.05) is 0 Å². The molecule has 0 spiro atoms. The topological polar surface area (TPSA) is 69.4 Å². The molecule has 0 aliphatic heterocycles. The fourth-order valence-electron chi connectivity index (χ4n) is 1.00. The molecule has 1 unspecified atom stereocenters. The Kier molecular flexibility index (Phi) is 3.68. The third kappa shape index (κ3) is 3.34. The Balaban J connectivity index is 2.91. The molecule has 8 heteroatoms. The lowest BCUT2D eigenvalue weighted by atomic mass is 10.1. The van der Waals surface area contributed by atoms with Crippen LogP contribution in [0.1, 0.15) is 18.5 Å². The van der Waals surface area contributed by atoms with Crippen LogP contribution < -0.4 is 9.92 Å². The second-order valence-corrected chi connectivity index (χ2v) is 4.88. The van der Waals surface area contributed by atoms with Crippen molar-refractivity contribution in [1.29, 1.82) is 0 Å². The standard InChI is InChI=1S/C9H10F3NO3S/c1-6(13)7-2-4-8(5-3-7)16-17(14,15)9(10,11)12/h2-6H,13H2,1H3. The first-order valence-electron chi connectivity index (χ1n) is 4.50. The third-order valence-electron chi connectivity index (χ3n) is 1.90. The highest BCUT2D eigenvalue weighted by molar-refractivity contribution is 7.87. The number of rotatable bonds is 3. The van der Waals surface area contributed by atoms with E-state index in [0.717, 1.165) is 12.1 Å². The summed E-state index contributed by atoms with van der Waals surface area (Å²) < 4.78 is 61.2. The van der Waals surface area contributed by atoms with Gasteiger partial charge in [-0.15, -0.1) is 0 Å². The van der Waals surface area contributed by atoms with E-state index in [4.69, 9.17) is 5.73 Å². The maximum atomic E-state index is 12.0. The SMILES string of the molecule is CC(N)c1ccc(OS(=O)(=O)C(F)(F)F)cc1. The minimum absolute atomic E-state index is 0.303. The Morgan fingerprint density at radius 1 is 1.24 bits per heavy atom. The molecule has 0 amide bonds. The quantitative estimate of drug-likeness (QED) is 0.672. The van der Waals surface area contributed by atoms with Gasteiger partial charge in [-0.1, -0.05) is 12.1 Å². The zero-order chi connectivity index (χ0) is 13.3. The van der Waals surface area contributed by atoms with E-state index in [0.29, 0.717) is 5.56 Å². The molecular weight excluding hydrogens is 259 g/mol. The fraction of sp³-hybridized carbons (Fsp3) is 0.333. The lowest BCUT2D eigenvalue weighted by molar-refractivity contribution is -0.0500. The van der Waals surface area contributed by atoms with E-state index in [1.54, 1.807) is 6.92 Å². The van der Waals surface area contributed by atoms with Crippen LogP contribution in [0.4, 0.5) is 13.2 Å². The zero-order valence-electron chi connectivity index (χ0n) is 8.73. The summed E-state index contributed by atoms with van der Waals surface area (Å²) in [4.78, 5) is 0. The Morgan fingerprint density at radius 3 is 2.06 bits per heavy atom. The fourth-order valence-corrected chi connectivity index (χ4v) is 1.46. The Morgan fingerprint density at radius 2 is 1.71 bits per heavy atom. The number of halogens is 3. The smallest absolute Gasteiger partial charge is 0.376 e. The largest absolute Gasteiger partial charge is 0.534 e. The molecule has 2 N–H and O–H groups in total. The van der Waals surface area contributed by atoms with Crippen molar-refractivity contribution in [3.63, 3.8) is 0 Å². The summed E-state index contributed by atoms with van der Waals surface area (Å²) in [6.07, 6.45) is 0. The summed E-state index contributed by atoms with van der Waals surface area (Å²) in [5, 5.41) is 0. The number of hydrogen-bond acceptors (Lipinski definition) is 4. The van der Waals surface area contributed by atoms with Gasteiger partial charge >= 0.3 is 15.6 Å². The average Bonchev–Trinajstić information content (AvgIpc) is 2.16. The van der Waals surface area contributed by atoms with Crippen molar-refractivity contribution in [2.45, 2.75) is 18.5 Å². The van der Waals surface area contributed by atoms with Crippen molar-refractivity contribution in [2.75, 3.05) is 0 Å². The number of hydrogen-bond donors (Lipinski definition) is 1. The van der Waals surface area contributed by atoms with Gasteiger partial charge < -0.3 is 9.92 Å². The zero-order valence-corrected chi connectivity index (χ0v) is 9.55. The molecule has 0 aliphatic rings. The molecule has 0 radical (unpaired) electrons. The first kappa shape index (κ1) is 13.8. The van der Waals surface area contributed by atoms with E-state index < -0.39 is 21.4 Å². The highest BCUT2D eigenvalue weighted by Crippen LogP contribution is 2.27. The van der Waals surface area contributed by atoms with Crippen LogP contribution in [0.5, 0.6) is 5.75 Å². The van der Waals surface area contributed by atoms with Gasteiger partial charge in [0.25, 0.3) is 0 Å². The van der Waals surface area contributed by atoms with Crippen molar-refractivity contribution in [1.82, 2.24) is 0 Å². The number of nitrogens with two attached hydrogens (primary N) is 1. The summed E-state index contributed by atoms with van der Waals surface area (Å²) >= 11 is 0. The molecule has 1 aromatic rings. The van der Waals surface area contributed by atoms with Crippen LogP contribution in [0.2, 0.25) is 0 Å². The van der Waals surface area contributed by atoms with Gasteiger partial charge in [-0.3, -0.25) is 0 Å². The van der Waals surface area contributed by atoms with Gasteiger partial charge in [0.2, 0.25) is 0 Å². The molecule has 17 heavy (non-hydrogen) atoms. The summed E-state index contributed by atoms with van der Waals surface area (Å²) in [5.41, 5.74) is 0.738. The highest BCUT2D eigenvalue weighted by atomic mass is 32.2. The molecule has 1 rings (SSSR count). The molecule has 1 aromatic carbocycles. The Bertz CT molecular complexity index is 479. The van der Waals surface area contributed by atoms with Crippen molar-refractivity contribution in [2.24, 2.45) is 5.73 Å². The molecule has 4 nitrogen and oxygen atoms in total. The van der Waals surface area contributed by atoms with E-state index >= 15 is 0 Å². The average molecular weight is 269 g/mol. The number of benzene rings is 1. The molecule has 0 heterocycles. The lowest BCUT2D eigenvalue weighted by Gasteiger charge is -2.10. The normalized spacial score (nSPS) is 14.4. The first-order valence-corrected chi connectivity index (χ1v) is 5.90. The molecule has 0 saturated heterocycles. The van der Waals surface area contributed by atoms with Crippen molar-refractivity contribution in [3.8, 4) is 5.75 Å². The third-order valence-corrected chi connectivity index (χ3v) is 2.87. The predicted molar refractivity (Wildman–Crippen MR) is 54.6 cm³/mol. The van der Waals surface area contributed by atoms with Crippen LogP contribution in [-0.4, -0.2) is 13.9 Å². The molecule has 0 aliphatic carbocycles. The summed E-state index contributed by atoms with van der Waals surface area (Å²) in [5.74, 6) is -0.410. The van der Waals surface area contributed by atoms with Gasteiger partial charge in [0.05, 0.1) is 0 Å². The number of alkyl halides is 3. The molecule has 96 valence electrons. The minimum Gasteiger partial charge on any atom is -0.376 e. The van der Waals surface area contributed by atoms with Crippen LogP contribution in [0.3, 0.4) is 0 Å². The highest BCUT2D eigenvalue weighted by Gasteiger charge is 2.48. The molecule has 0 aromatic heterocycles.